The molecule has 0 spiro atoms. The van der Waals surface area contributed by atoms with E-state index in [2.05, 4.69) is 11.4 Å². The summed E-state index contributed by atoms with van der Waals surface area (Å²) >= 11 is 0. The lowest BCUT2D eigenvalue weighted by Crippen LogP contribution is -2.33. The van der Waals surface area contributed by atoms with Crippen molar-refractivity contribution in [3.63, 3.8) is 0 Å². The number of para-hydroxylation sites is 1. The molecule has 1 unspecified atom stereocenters. The van der Waals surface area contributed by atoms with Gasteiger partial charge in [-0.1, -0.05) is 72.3 Å². The van der Waals surface area contributed by atoms with Crippen LogP contribution in [0.15, 0.2) is 78.9 Å². The van der Waals surface area contributed by atoms with E-state index < -0.39 is 0 Å². The molecule has 0 aromatic heterocycles. The summed E-state index contributed by atoms with van der Waals surface area (Å²) in [6.07, 6.45) is 0. The minimum absolute atomic E-state index is 0.159. The Bertz CT molecular complexity index is 944. The molecule has 4 nitrogen and oxygen atoms in total. The number of carbonyl (C=O) groups excluding carboxylic acids is 1. The van der Waals surface area contributed by atoms with Crippen molar-refractivity contribution in [2.24, 2.45) is 0 Å². The second-order valence-electron chi connectivity index (χ2n) is 6.22. The maximum Gasteiger partial charge on any atom is 0.258 e. The van der Waals surface area contributed by atoms with Crippen LogP contribution in [-0.4, -0.2) is 12.5 Å². The normalized spacial score (nSPS) is 11.3. The lowest BCUT2D eigenvalue weighted by Gasteiger charge is -2.20. The molecule has 134 valence electrons. The Hall–Kier alpha value is -3.58. The summed E-state index contributed by atoms with van der Waals surface area (Å²) in [5, 5.41) is 12.1. The first-order valence-electron chi connectivity index (χ1n) is 8.70. The van der Waals surface area contributed by atoms with Crippen LogP contribution >= 0.6 is 0 Å². The van der Waals surface area contributed by atoms with Crippen LogP contribution in [0.1, 0.15) is 28.3 Å². The van der Waals surface area contributed by atoms with Gasteiger partial charge in [0.15, 0.2) is 6.61 Å². The zero-order chi connectivity index (χ0) is 19.1. The predicted octanol–water partition coefficient (Wildman–Crippen LogP) is 4.15. The van der Waals surface area contributed by atoms with Gasteiger partial charge in [-0.15, -0.1) is 0 Å². The molecular weight excluding hydrogens is 336 g/mol. The number of nitriles is 1. The molecule has 3 rings (SSSR count). The lowest BCUT2D eigenvalue weighted by molar-refractivity contribution is -0.123. The van der Waals surface area contributed by atoms with Crippen molar-refractivity contribution in [2.45, 2.75) is 13.0 Å². The van der Waals surface area contributed by atoms with Gasteiger partial charge in [0.05, 0.1) is 11.6 Å². The molecule has 1 amide bonds. The minimum atomic E-state index is -0.269. The van der Waals surface area contributed by atoms with Crippen LogP contribution in [0.3, 0.4) is 0 Å². The summed E-state index contributed by atoms with van der Waals surface area (Å²) in [5.41, 5.74) is 3.56. The highest BCUT2D eigenvalue weighted by atomic mass is 16.5. The molecule has 1 N–H and O–H groups in total. The molecule has 0 aliphatic heterocycles. The fraction of sp³-hybridized carbons (Fsp3) is 0.130. The predicted molar refractivity (Wildman–Crippen MR) is 104 cm³/mol. The highest BCUT2D eigenvalue weighted by Gasteiger charge is 2.17. The first kappa shape index (κ1) is 18.2. The van der Waals surface area contributed by atoms with E-state index in [-0.39, 0.29) is 18.6 Å². The van der Waals surface area contributed by atoms with E-state index in [4.69, 9.17) is 10.00 Å². The van der Waals surface area contributed by atoms with Crippen molar-refractivity contribution in [1.29, 1.82) is 5.26 Å². The standard InChI is InChI=1S/C23H20N2O2/c1-17-11-13-19(14-12-17)23(18-7-3-2-4-8-18)25-22(26)16-27-21-10-6-5-9-20(21)15-24/h2-14,23H,16H2,1H3,(H,25,26). The largest absolute Gasteiger partial charge is 0.482 e. The molecule has 1 atom stereocenters. The molecule has 4 heteroatoms. The van der Waals surface area contributed by atoms with Crippen LogP contribution in [0.4, 0.5) is 0 Å². The van der Waals surface area contributed by atoms with Crippen molar-refractivity contribution in [2.75, 3.05) is 6.61 Å². The van der Waals surface area contributed by atoms with Crippen molar-refractivity contribution in [3.8, 4) is 11.8 Å². The van der Waals surface area contributed by atoms with Gasteiger partial charge in [0, 0.05) is 0 Å². The summed E-state index contributed by atoms with van der Waals surface area (Å²) in [5.74, 6) is 0.152. The third kappa shape index (κ3) is 4.74. The molecule has 0 aliphatic carbocycles. The van der Waals surface area contributed by atoms with E-state index in [1.54, 1.807) is 24.3 Å². The minimum Gasteiger partial charge on any atom is -0.482 e. The van der Waals surface area contributed by atoms with Crippen molar-refractivity contribution >= 4 is 5.91 Å². The zero-order valence-electron chi connectivity index (χ0n) is 15.1. The number of nitrogens with zero attached hydrogens (tertiary/aromatic N) is 1. The number of amides is 1. The molecule has 0 bridgehead atoms. The topological polar surface area (TPSA) is 62.1 Å². The molecule has 0 saturated heterocycles. The Kier molecular flexibility index (Phi) is 5.86. The van der Waals surface area contributed by atoms with E-state index in [1.165, 1.54) is 0 Å². The average molecular weight is 356 g/mol. The van der Waals surface area contributed by atoms with Gasteiger partial charge in [-0.3, -0.25) is 4.79 Å². The number of carbonyl (C=O) groups is 1. The molecular formula is C23H20N2O2. The number of hydrogen-bond donors (Lipinski definition) is 1. The van der Waals surface area contributed by atoms with E-state index in [1.807, 2.05) is 61.5 Å². The molecule has 0 heterocycles. The van der Waals surface area contributed by atoms with E-state index >= 15 is 0 Å². The number of nitrogens with one attached hydrogen (secondary N) is 1. The molecule has 27 heavy (non-hydrogen) atoms. The molecule has 3 aromatic carbocycles. The maximum atomic E-state index is 12.5. The second-order valence-corrected chi connectivity index (χ2v) is 6.22. The van der Waals surface area contributed by atoms with Gasteiger partial charge < -0.3 is 10.1 Å². The molecule has 0 aliphatic rings. The van der Waals surface area contributed by atoms with Gasteiger partial charge in [0.25, 0.3) is 5.91 Å². The maximum absolute atomic E-state index is 12.5. The number of aryl methyl sites for hydroxylation is 1. The fourth-order valence-corrected chi connectivity index (χ4v) is 2.79. The van der Waals surface area contributed by atoms with E-state index in [9.17, 15) is 4.79 Å². The molecule has 0 saturated carbocycles. The Morgan fingerprint density at radius 1 is 0.963 bits per heavy atom. The van der Waals surface area contributed by atoms with Gasteiger partial charge in [0.1, 0.15) is 11.8 Å². The summed E-state index contributed by atoms with van der Waals surface area (Å²) < 4.78 is 5.55. The second kappa shape index (κ2) is 8.68. The highest BCUT2D eigenvalue weighted by molar-refractivity contribution is 5.78. The Labute approximate surface area is 159 Å². The van der Waals surface area contributed by atoms with Gasteiger partial charge >= 0.3 is 0 Å². The van der Waals surface area contributed by atoms with Crippen molar-refractivity contribution in [3.05, 3.63) is 101 Å². The van der Waals surface area contributed by atoms with Crippen molar-refractivity contribution < 1.29 is 9.53 Å². The van der Waals surface area contributed by atoms with Crippen LogP contribution in [0.2, 0.25) is 0 Å². The number of ether oxygens (including phenoxy) is 1. The third-order valence-electron chi connectivity index (χ3n) is 4.22. The zero-order valence-corrected chi connectivity index (χ0v) is 15.1. The summed E-state index contributed by atoms with van der Waals surface area (Å²) in [7, 11) is 0. The number of rotatable bonds is 6. The SMILES string of the molecule is Cc1ccc(C(NC(=O)COc2ccccc2C#N)c2ccccc2)cc1. The Morgan fingerprint density at radius 2 is 1.59 bits per heavy atom. The highest BCUT2D eigenvalue weighted by Crippen LogP contribution is 2.22. The van der Waals surface area contributed by atoms with Crippen LogP contribution in [-0.2, 0) is 4.79 Å². The molecule has 3 aromatic rings. The van der Waals surface area contributed by atoms with Crippen LogP contribution < -0.4 is 10.1 Å². The van der Waals surface area contributed by atoms with Gasteiger partial charge in [0.2, 0.25) is 0 Å². The smallest absolute Gasteiger partial charge is 0.258 e. The Morgan fingerprint density at radius 3 is 2.30 bits per heavy atom. The van der Waals surface area contributed by atoms with E-state index in [0.29, 0.717) is 11.3 Å². The van der Waals surface area contributed by atoms with Crippen molar-refractivity contribution in [1.82, 2.24) is 5.32 Å². The van der Waals surface area contributed by atoms with Crippen LogP contribution in [0, 0.1) is 18.3 Å². The van der Waals surface area contributed by atoms with Gasteiger partial charge in [-0.2, -0.15) is 5.26 Å². The van der Waals surface area contributed by atoms with Crippen LogP contribution in [0.25, 0.3) is 0 Å². The van der Waals surface area contributed by atoms with Gasteiger partial charge in [-0.05, 0) is 30.2 Å². The van der Waals surface area contributed by atoms with Gasteiger partial charge in [-0.25, -0.2) is 0 Å². The summed E-state index contributed by atoms with van der Waals surface area (Å²) in [6.45, 7) is 1.87. The number of benzene rings is 3. The first-order chi connectivity index (χ1) is 13.2. The molecule has 0 fully saturated rings. The Balaban J connectivity index is 1.75. The fourth-order valence-electron chi connectivity index (χ4n) is 2.79. The quantitative estimate of drug-likeness (QED) is 0.722. The molecule has 0 radical (unpaired) electrons. The number of hydrogen-bond acceptors (Lipinski definition) is 3. The first-order valence-corrected chi connectivity index (χ1v) is 8.70. The lowest BCUT2D eigenvalue weighted by atomic mass is 9.98. The summed E-state index contributed by atoms with van der Waals surface area (Å²) in [4.78, 5) is 12.5. The van der Waals surface area contributed by atoms with E-state index in [0.717, 1.165) is 16.7 Å². The summed E-state index contributed by atoms with van der Waals surface area (Å²) in [6, 6.07) is 26.5. The average Bonchev–Trinajstić information content (AvgIpc) is 2.72. The van der Waals surface area contributed by atoms with Crippen LogP contribution in [0.5, 0.6) is 5.75 Å². The third-order valence-corrected chi connectivity index (χ3v) is 4.22. The monoisotopic (exact) mass is 356 g/mol.